The molecule has 5 nitrogen and oxygen atoms in total. The summed E-state index contributed by atoms with van der Waals surface area (Å²) in [6.45, 7) is 3.05. The van der Waals surface area contributed by atoms with Gasteiger partial charge >= 0.3 is 0 Å². The summed E-state index contributed by atoms with van der Waals surface area (Å²) in [4.78, 5) is 27.7. The maximum Gasteiger partial charge on any atom is 0.254 e. The number of likely N-dealkylation sites (N-methyl/N-ethyl adjacent to an activating group) is 1. The van der Waals surface area contributed by atoms with Crippen LogP contribution in [0.5, 0.6) is 0 Å². The quantitative estimate of drug-likeness (QED) is 0.907. The number of nitrogens with zero attached hydrogens (tertiary/aromatic N) is 2. The highest BCUT2D eigenvalue weighted by Gasteiger charge is 2.22. The molecule has 0 aliphatic carbocycles. The van der Waals surface area contributed by atoms with Gasteiger partial charge in [-0.2, -0.15) is 11.3 Å². The Bertz CT molecular complexity index is 439. The number of carbonyl (C=O) groups excluding carboxylic acids is 2. The fourth-order valence-electron chi connectivity index (χ4n) is 2.20. The second kappa shape index (κ2) is 8.24. The van der Waals surface area contributed by atoms with Crippen molar-refractivity contribution in [3.05, 3.63) is 22.4 Å². The first-order valence-corrected chi connectivity index (χ1v) is 7.40. The van der Waals surface area contributed by atoms with Gasteiger partial charge in [-0.25, -0.2) is 0 Å². The first-order chi connectivity index (χ1) is 9.22. The number of amides is 2. The monoisotopic (exact) mass is 317 g/mol. The predicted octanol–water partition coefficient (Wildman–Crippen LogP) is 1.06. The van der Waals surface area contributed by atoms with Crippen molar-refractivity contribution in [1.29, 1.82) is 0 Å². The fraction of sp³-hybridized carbons (Fsp3) is 0.538. The summed E-state index contributed by atoms with van der Waals surface area (Å²) in [6, 6.07) is 1.85. The Labute approximate surface area is 129 Å². The second-order valence-corrected chi connectivity index (χ2v) is 5.35. The standard InChI is InChI=1S/C13H19N3O2S.ClH/c1-14-9-12(17)15-4-2-5-16(7-6-15)13(18)11-3-8-19-10-11;/h3,8,10,14H,2,4-7,9H2,1H3;1H. The number of nitrogens with one attached hydrogen (secondary N) is 1. The van der Waals surface area contributed by atoms with Crippen LogP contribution in [0.3, 0.4) is 0 Å². The molecule has 0 spiro atoms. The van der Waals surface area contributed by atoms with Gasteiger partial charge in [0.1, 0.15) is 0 Å². The molecular formula is C13H20ClN3O2S. The first kappa shape index (κ1) is 16.9. The van der Waals surface area contributed by atoms with Crippen molar-refractivity contribution >= 4 is 35.6 Å². The maximum absolute atomic E-state index is 12.2. The van der Waals surface area contributed by atoms with E-state index in [2.05, 4.69) is 5.32 Å². The number of carbonyl (C=O) groups is 2. The van der Waals surface area contributed by atoms with Crippen LogP contribution in [-0.4, -0.2) is 61.4 Å². The lowest BCUT2D eigenvalue weighted by atomic mass is 10.3. The van der Waals surface area contributed by atoms with Crippen LogP contribution in [0, 0.1) is 0 Å². The van der Waals surface area contributed by atoms with Gasteiger partial charge in [0.25, 0.3) is 5.91 Å². The summed E-state index contributed by atoms with van der Waals surface area (Å²) in [7, 11) is 1.77. The van der Waals surface area contributed by atoms with Crippen molar-refractivity contribution in [2.45, 2.75) is 6.42 Å². The SMILES string of the molecule is CNCC(=O)N1CCCN(C(=O)c2ccsc2)CC1.Cl. The average molecular weight is 318 g/mol. The molecule has 1 N–H and O–H groups in total. The van der Waals surface area contributed by atoms with Crippen LogP contribution in [0.1, 0.15) is 16.8 Å². The topological polar surface area (TPSA) is 52.7 Å². The zero-order valence-corrected chi connectivity index (χ0v) is 13.1. The van der Waals surface area contributed by atoms with Crippen molar-refractivity contribution in [2.75, 3.05) is 39.8 Å². The number of rotatable bonds is 3. The molecule has 2 rings (SSSR count). The van der Waals surface area contributed by atoms with E-state index in [-0.39, 0.29) is 24.2 Å². The lowest BCUT2D eigenvalue weighted by Crippen LogP contribution is -2.40. The Kier molecular flexibility index (Phi) is 6.98. The molecule has 0 unspecified atom stereocenters. The molecule has 2 heterocycles. The van der Waals surface area contributed by atoms with E-state index in [1.807, 2.05) is 26.6 Å². The molecule has 2 amide bonds. The van der Waals surface area contributed by atoms with E-state index in [1.165, 1.54) is 11.3 Å². The molecule has 1 aliphatic rings. The van der Waals surface area contributed by atoms with Crippen molar-refractivity contribution in [2.24, 2.45) is 0 Å². The van der Waals surface area contributed by atoms with Gasteiger partial charge in [-0.3, -0.25) is 9.59 Å². The third kappa shape index (κ3) is 4.19. The number of halogens is 1. The Morgan fingerprint density at radius 1 is 1.25 bits per heavy atom. The van der Waals surface area contributed by atoms with Gasteiger partial charge in [-0.1, -0.05) is 0 Å². The van der Waals surface area contributed by atoms with Crippen molar-refractivity contribution in [3.63, 3.8) is 0 Å². The minimum Gasteiger partial charge on any atom is -0.340 e. The van der Waals surface area contributed by atoms with Crippen LogP contribution >= 0.6 is 23.7 Å². The molecule has 1 aromatic heterocycles. The molecule has 0 aromatic carbocycles. The molecule has 20 heavy (non-hydrogen) atoms. The van der Waals surface area contributed by atoms with Gasteiger partial charge in [-0.05, 0) is 24.9 Å². The van der Waals surface area contributed by atoms with E-state index >= 15 is 0 Å². The lowest BCUT2D eigenvalue weighted by Gasteiger charge is -2.21. The molecule has 112 valence electrons. The third-order valence-corrected chi connectivity index (χ3v) is 3.92. The molecule has 0 radical (unpaired) electrons. The molecule has 0 saturated carbocycles. The Morgan fingerprint density at radius 3 is 2.60 bits per heavy atom. The van der Waals surface area contributed by atoms with Crippen molar-refractivity contribution < 1.29 is 9.59 Å². The molecule has 0 atom stereocenters. The minimum absolute atomic E-state index is 0. The van der Waals surface area contributed by atoms with Gasteiger partial charge in [-0.15, -0.1) is 12.4 Å². The van der Waals surface area contributed by atoms with E-state index < -0.39 is 0 Å². The molecular weight excluding hydrogens is 298 g/mol. The highest BCUT2D eigenvalue weighted by molar-refractivity contribution is 7.08. The second-order valence-electron chi connectivity index (χ2n) is 4.57. The predicted molar refractivity (Wildman–Crippen MR) is 82.6 cm³/mol. The van der Waals surface area contributed by atoms with Crippen LogP contribution in [0.4, 0.5) is 0 Å². The Balaban J connectivity index is 0.00000200. The van der Waals surface area contributed by atoms with E-state index in [4.69, 9.17) is 0 Å². The summed E-state index contributed by atoms with van der Waals surface area (Å²) in [6.07, 6.45) is 0.839. The number of hydrogen-bond acceptors (Lipinski definition) is 4. The van der Waals surface area contributed by atoms with E-state index in [9.17, 15) is 9.59 Å². The molecule has 1 saturated heterocycles. The van der Waals surface area contributed by atoms with Gasteiger partial charge in [0.2, 0.25) is 5.91 Å². The normalized spacial score (nSPS) is 15.4. The van der Waals surface area contributed by atoms with Crippen molar-refractivity contribution in [3.8, 4) is 0 Å². The summed E-state index contributed by atoms with van der Waals surface area (Å²) in [5.74, 6) is 0.177. The largest absolute Gasteiger partial charge is 0.340 e. The highest BCUT2D eigenvalue weighted by atomic mass is 35.5. The van der Waals surface area contributed by atoms with Gasteiger partial charge in [0.15, 0.2) is 0 Å². The zero-order chi connectivity index (χ0) is 13.7. The Hall–Kier alpha value is -1.11. The third-order valence-electron chi connectivity index (χ3n) is 3.23. The number of hydrogen-bond donors (Lipinski definition) is 1. The van der Waals surface area contributed by atoms with E-state index in [0.29, 0.717) is 19.6 Å². The lowest BCUT2D eigenvalue weighted by molar-refractivity contribution is -0.130. The summed E-state index contributed by atoms with van der Waals surface area (Å²) >= 11 is 1.53. The molecule has 1 fully saturated rings. The van der Waals surface area contributed by atoms with Crippen LogP contribution in [0.2, 0.25) is 0 Å². The zero-order valence-electron chi connectivity index (χ0n) is 11.5. The first-order valence-electron chi connectivity index (χ1n) is 6.46. The molecule has 1 aromatic rings. The van der Waals surface area contributed by atoms with Crippen LogP contribution in [0.15, 0.2) is 16.8 Å². The molecule has 7 heteroatoms. The van der Waals surface area contributed by atoms with Crippen LogP contribution in [-0.2, 0) is 4.79 Å². The molecule has 1 aliphatic heterocycles. The molecule has 0 bridgehead atoms. The summed E-state index contributed by atoms with van der Waals surface area (Å²) in [5.41, 5.74) is 0.750. The summed E-state index contributed by atoms with van der Waals surface area (Å²) < 4.78 is 0. The van der Waals surface area contributed by atoms with Crippen LogP contribution < -0.4 is 5.32 Å². The maximum atomic E-state index is 12.2. The summed E-state index contributed by atoms with van der Waals surface area (Å²) in [5, 5.41) is 6.65. The Morgan fingerprint density at radius 2 is 1.95 bits per heavy atom. The van der Waals surface area contributed by atoms with Gasteiger partial charge in [0, 0.05) is 31.6 Å². The van der Waals surface area contributed by atoms with E-state index in [0.717, 1.165) is 25.1 Å². The average Bonchev–Trinajstić information content (AvgIpc) is 2.82. The number of thiophene rings is 1. The minimum atomic E-state index is 0. The van der Waals surface area contributed by atoms with Crippen molar-refractivity contribution in [1.82, 2.24) is 15.1 Å². The van der Waals surface area contributed by atoms with E-state index in [1.54, 1.807) is 7.05 Å². The van der Waals surface area contributed by atoms with Crippen LogP contribution in [0.25, 0.3) is 0 Å². The highest BCUT2D eigenvalue weighted by Crippen LogP contribution is 2.12. The fourth-order valence-corrected chi connectivity index (χ4v) is 2.83. The van der Waals surface area contributed by atoms with Gasteiger partial charge in [0.05, 0.1) is 12.1 Å². The smallest absolute Gasteiger partial charge is 0.254 e. The van der Waals surface area contributed by atoms with Gasteiger partial charge < -0.3 is 15.1 Å².